The van der Waals surface area contributed by atoms with Gasteiger partial charge in [0.15, 0.2) is 0 Å². The fraction of sp³-hybridized carbons (Fsp3) is 0.500. The second-order valence-corrected chi connectivity index (χ2v) is 4.78. The van der Waals surface area contributed by atoms with Crippen LogP contribution in [0.1, 0.15) is 11.1 Å². The van der Waals surface area contributed by atoms with Gasteiger partial charge in [-0.15, -0.1) is 0 Å². The summed E-state index contributed by atoms with van der Waals surface area (Å²) in [7, 11) is 1.88. The highest BCUT2D eigenvalue weighted by molar-refractivity contribution is 5.87. The quantitative estimate of drug-likeness (QED) is 0.831. The van der Waals surface area contributed by atoms with E-state index in [1.165, 1.54) is 16.8 Å². The van der Waals surface area contributed by atoms with Gasteiger partial charge in [-0.25, -0.2) is 0 Å². The summed E-state index contributed by atoms with van der Waals surface area (Å²) in [6, 6.07) is 6.14. The molecule has 1 aromatic rings. The Kier molecular flexibility index (Phi) is 3.87. The van der Waals surface area contributed by atoms with Crippen molar-refractivity contribution in [2.75, 3.05) is 31.6 Å². The minimum Gasteiger partial charge on any atom is -0.356 e. The van der Waals surface area contributed by atoms with E-state index in [4.69, 9.17) is 0 Å². The van der Waals surface area contributed by atoms with E-state index in [9.17, 15) is 4.79 Å². The molecule has 1 aliphatic rings. The molecule has 1 fully saturated rings. The first kappa shape index (κ1) is 12.9. The van der Waals surface area contributed by atoms with Crippen molar-refractivity contribution in [3.05, 3.63) is 29.3 Å². The number of rotatable bonds is 3. The van der Waals surface area contributed by atoms with Crippen LogP contribution in [0.4, 0.5) is 5.69 Å². The van der Waals surface area contributed by atoms with Gasteiger partial charge in [0.2, 0.25) is 5.91 Å². The van der Waals surface area contributed by atoms with Gasteiger partial charge in [0.1, 0.15) is 6.04 Å². The number of carbonyl (C=O) groups is 1. The summed E-state index contributed by atoms with van der Waals surface area (Å²) < 4.78 is 0. The predicted octanol–water partition coefficient (Wildman–Crippen LogP) is 0.828. The summed E-state index contributed by atoms with van der Waals surface area (Å²) in [4.78, 5) is 14.2. The minimum absolute atomic E-state index is 0.108. The second-order valence-electron chi connectivity index (χ2n) is 4.78. The summed E-state index contributed by atoms with van der Waals surface area (Å²) in [6.45, 7) is 6.47. The van der Waals surface area contributed by atoms with Gasteiger partial charge in [0, 0.05) is 25.3 Å². The number of anilines is 1. The molecule has 0 radical (unpaired) electrons. The van der Waals surface area contributed by atoms with Crippen LogP contribution in [0.25, 0.3) is 0 Å². The normalized spacial score (nSPS) is 19.8. The number of amides is 1. The Balaban J connectivity index is 2.34. The van der Waals surface area contributed by atoms with E-state index in [2.05, 4.69) is 47.6 Å². The van der Waals surface area contributed by atoms with Gasteiger partial charge < -0.3 is 15.5 Å². The number of piperazine rings is 1. The van der Waals surface area contributed by atoms with Crippen molar-refractivity contribution in [2.24, 2.45) is 0 Å². The van der Waals surface area contributed by atoms with Crippen molar-refractivity contribution in [3.63, 3.8) is 0 Å². The molecular formula is C14H21N3O. The van der Waals surface area contributed by atoms with Crippen molar-refractivity contribution < 1.29 is 4.79 Å². The highest BCUT2D eigenvalue weighted by Crippen LogP contribution is 2.25. The first-order valence-corrected chi connectivity index (χ1v) is 6.40. The second kappa shape index (κ2) is 5.40. The van der Waals surface area contributed by atoms with Crippen LogP contribution in [0.5, 0.6) is 0 Å². The molecule has 1 aromatic carbocycles. The Morgan fingerprint density at radius 3 is 2.94 bits per heavy atom. The van der Waals surface area contributed by atoms with E-state index < -0.39 is 0 Å². The molecule has 0 bridgehead atoms. The smallest absolute Gasteiger partial charge is 0.244 e. The average molecular weight is 247 g/mol. The molecule has 4 heteroatoms. The zero-order valence-corrected chi connectivity index (χ0v) is 11.3. The van der Waals surface area contributed by atoms with Crippen LogP contribution >= 0.6 is 0 Å². The molecule has 0 saturated carbocycles. The summed E-state index contributed by atoms with van der Waals surface area (Å²) >= 11 is 0. The first-order chi connectivity index (χ1) is 8.65. The molecule has 0 aliphatic carbocycles. The number of hydrogen-bond acceptors (Lipinski definition) is 3. The number of likely N-dealkylation sites (N-methyl/N-ethyl adjacent to an activating group) is 1. The van der Waals surface area contributed by atoms with Gasteiger partial charge in [0.05, 0.1) is 0 Å². The van der Waals surface area contributed by atoms with Gasteiger partial charge in [-0.05, 0) is 38.1 Å². The summed E-state index contributed by atoms with van der Waals surface area (Å²) in [5.74, 6) is 0.108. The Morgan fingerprint density at radius 1 is 1.44 bits per heavy atom. The van der Waals surface area contributed by atoms with Crippen LogP contribution < -0.4 is 15.5 Å². The van der Waals surface area contributed by atoms with E-state index >= 15 is 0 Å². The van der Waals surface area contributed by atoms with Crippen LogP contribution in [0, 0.1) is 13.8 Å². The van der Waals surface area contributed by atoms with Gasteiger partial charge in [-0.2, -0.15) is 0 Å². The maximum Gasteiger partial charge on any atom is 0.244 e. The standard InChI is InChI=1S/C14H21N3O/c1-10-5-4-6-12(11(10)2)17-8-7-16-14(18)13(17)9-15-3/h4-6,13,15H,7-9H2,1-3H3,(H,16,18). The minimum atomic E-state index is -0.121. The Labute approximate surface area is 108 Å². The molecule has 1 amide bonds. The highest BCUT2D eigenvalue weighted by Gasteiger charge is 2.29. The zero-order valence-electron chi connectivity index (χ0n) is 11.3. The van der Waals surface area contributed by atoms with Crippen LogP contribution in [-0.4, -0.2) is 38.6 Å². The number of benzene rings is 1. The van der Waals surface area contributed by atoms with E-state index in [1.807, 2.05) is 7.05 Å². The summed E-state index contributed by atoms with van der Waals surface area (Å²) in [5, 5.41) is 6.03. The van der Waals surface area contributed by atoms with Gasteiger partial charge in [-0.1, -0.05) is 12.1 Å². The molecule has 1 aliphatic heterocycles. The molecule has 98 valence electrons. The lowest BCUT2D eigenvalue weighted by Gasteiger charge is -2.37. The highest BCUT2D eigenvalue weighted by atomic mass is 16.2. The summed E-state index contributed by atoms with van der Waals surface area (Å²) in [6.07, 6.45) is 0. The number of nitrogens with one attached hydrogen (secondary N) is 2. The molecular weight excluding hydrogens is 226 g/mol. The van der Waals surface area contributed by atoms with E-state index in [1.54, 1.807) is 0 Å². The van der Waals surface area contributed by atoms with Crippen LogP contribution in [0.15, 0.2) is 18.2 Å². The monoisotopic (exact) mass is 247 g/mol. The number of aryl methyl sites for hydroxylation is 1. The molecule has 2 N–H and O–H groups in total. The molecule has 1 saturated heterocycles. The molecule has 4 nitrogen and oxygen atoms in total. The van der Waals surface area contributed by atoms with Crippen molar-refractivity contribution in [3.8, 4) is 0 Å². The Hall–Kier alpha value is -1.55. The summed E-state index contributed by atoms with van der Waals surface area (Å²) in [5.41, 5.74) is 3.69. The first-order valence-electron chi connectivity index (χ1n) is 6.40. The van der Waals surface area contributed by atoms with Gasteiger partial charge in [0.25, 0.3) is 0 Å². The number of nitrogens with zero attached hydrogens (tertiary/aromatic N) is 1. The SMILES string of the molecule is CNCC1C(=O)NCCN1c1cccc(C)c1C. The van der Waals surface area contributed by atoms with Crippen molar-refractivity contribution >= 4 is 11.6 Å². The number of carbonyl (C=O) groups excluding carboxylic acids is 1. The Bertz CT molecular complexity index is 445. The van der Waals surface area contributed by atoms with Crippen molar-refractivity contribution in [1.29, 1.82) is 0 Å². The predicted molar refractivity (Wildman–Crippen MR) is 74.0 cm³/mol. The molecule has 1 atom stereocenters. The third kappa shape index (κ3) is 2.34. The van der Waals surface area contributed by atoms with Crippen LogP contribution in [0.2, 0.25) is 0 Å². The van der Waals surface area contributed by atoms with Gasteiger partial charge in [-0.3, -0.25) is 4.79 Å². The Morgan fingerprint density at radius 2 is 2.22 bits per heavy atom. The van der Waals surface area contributed by atoms with Crippen LogP contribution in [-0.2, 0) is 4.79 Å². The van der Waals surface area contributed by atoms with E-state index in [-0.39, 0.29) is 11.9 Å². The van der Waals surface area contributed by atoms with E-state index in [0.29, 0.717) is 13.1 Å². The third-order valence-electron chi connectivity index (χ3n) is 3.61. The molecule has 0 aromatic heterocycles. The van der Waals surface area contributed by atoms with Gasteiger partial charge >= 0.3 is 0 Å². The topological polar surface area (TPSA) is 44.4 Å². The maximum atomic E-state index is 12.0. The fourth-order valence-corrected chi connectivity index (χ4v) is 2.45. The third-order valence-corrected chi connectivity index (χ3v) is 3.61. The molecule has 0 spiro atoms. The molecule has 18 heavy (non-hydrogen) atoms. The van der Waals surface area contributed by atoms with Crippen LogP contribution in [0.3, 0.4) is 0 Å². The van der Waals surface area contributed by atoms with Crippen molar-refractivity contribution in [2.45, 2.75) is 19.9 Å². The number of hydrogen-bond donors (Lipinski definition) is 2. The zero-order chi connectivity index (χ0) is 13.1. The largest absolute Gasteiger partial charge is 0.356 e. The maximum absolute atomic E-state index is 12.0. The van der Waals surface area contributed by atoms with Crippen molar-refractivity contribution in [1.82, 2.24) is 10.6 Å². The lowest BCUT2D eigenvalue weighted by atomic mass is 10.0. The molecule has 1 unspecified atom stereocenters. The molecule has 1 heterocycles. The lowest BCUT2D eigenvalue weighted by molar-refractivity contribution is -0.123. The lowest BCUT2D eigenvalue weighted by Crippen LogP contribution is -2.58. The average Bonchev–Trinajstić information content (AvgIpc) is 2.36. The van der Waals surface area contributed by atoms with E-state index in [0.717, 1.165) is 6.54 Å². The molecule has 2 rings (SSSR count). The fourth-order valence-electron chi connectivity index (χ4n) is 2.45.